The van der Waals surface area contributed by atoms with Crippen molar-refractivity contribution in [3.8, 4) is 11.5 Å². The van der Waals surface area contributed by atoms with Crippen LogP contribution in [0.25, 0.3) is 0 Å². The van der Waals surface area contributed by atoms with Gasteiger partial charge in [-0.3, -0.25) is 0 Å². The van der Waals surface area contributed by atoms with Gasteiger partial charge in [-0.05, 0) is 87.8 Å². The van der Waals surface area contributed by atoms with Gasteiger partial charge in [-0.25, -0.2) is 0 Å². The van der Waals surface area contributed by atoms with Crippen LogP contribution in [0.3, 0.4) is 0 Å². The Balaban J connectivity index is 1.77. The normalized spacial score (nSPS) is 32.5. The first-order valence-electron chi connectivity index (χ1n) is 10.3. The predicted molar refractivity (Wildman–Crippen MR) is 107 cm³/mol. The smallest absolute Gasteiger partial charge is 0.127 e. The first-order valence-corrected chi connectivity index (χ1v) is 10.3. The number of aliphatic hydroxyl groups excluding tert-OH is 1. The summed E-state index contributed by atoms with van der Waals surface area (Å²) in [6.45, 7) is 8.54. The average molecular weight is 377 g/mol. The van der Waals surface area contributed by atoms with Crippen molar-refractivity contribution >= 4 is 0 Å². The van der Waals surface area contributed by atoms with E-state index in [1.54, 1.807) is 7.11 Å². The van der Waals surface area contributed by atoms with Crippen LogP contribution in [0.4, 0.5) is 0 Å². The highest BCUT2D eigenvalue weighted by molar-refractivity contribution is 5.49. The quantitative estimate of drug-likeness (QED) is 0.799. The Labute approximate surface area is 163 Å². The van der Waals surface area contributed by atoms with Gasteiger partial charge >= 0.3 is 0 Å². The molecule has 1 aromatic carbocycles. The van der Waals surface area contributed by atoms with Crippen LogP contribution in [-0.4, -0.2) is 35.1 Å². The Morgan fingerprint density at radius 3 is 2.59 bits per heavy atom. The number of aryl methyl sites for hydroxylation is 1. The first-order chi connectivity index (χ1) is 12.6. The Morgan fingerprint density at radius 1 is 1.19 bits per heavy atom. The van der Waals surface area contributed by atoms with Crippen LogP contribution in [0.15, 0.2) is 12.1 Å². The fraction of sp³-hybridized carbons (Fsp3) is 0.739. The fourth-order valence-corrected chi connectivity index (χ4v) is 5.38. The van der Waals surface area contributed by atoms with Crippen molar-refractivity contribution in [3.05, 3.63) is 23.3 Å². The largest absolute Gasteiger partial charge is 0.496 e. The highest BCUT2D eigenvalue weighted by atomic mass is 16.5. The molecule has 1 heterocycles. The molecule has 0 radical (unpaired) electrons. The second kappa shape index (κ2) is 7.29. The van der Waals surface area contributed by atoms with Crippen LogP contribution >= 0.6 is 0 Å². The average Bonchev–Trinajstić information content (AvgIpc) is 2.59. The molecule has 27 heavy (non-hydrogen) atoms. The summed E-state index contributed by atoms with van der Waals surface area (Å²) in [6.07, 6.45) is 6.36. The number of fused-ring (bicyclic) bond motifs is 1. The Hall–Kier alpha value is -1.26. The van der Waals surface area contributed by atoms with Crippen molar-refractivity contribution in [2.75, 3.05) is 13.7 Å². The summed E-state index contributed by atoms with van der Waals surface area (Å²) in [4.78, 5) is 0. The van der Waals surface area contributed by atoms with Gasteiger partial charge in [-0.15, -0.1) is 0 Å². The number of benzene rings is 1. The SMILES string of the molecule is COc1cc(C)cc2c1CC[C@](C)(CC[C@@H]1C(C)(C)CCC[C@]1(O)CO)O2. The maximum atomic E-state index is 11.0. The van der Waals surface area contributed by atoms with Crippen LogP contribution in [-0.2, 0) is 6.42 Å². The highest BCUT2D eigenvalue weighted by Crippen LogP contribution is 2.50. The minimum Gasteiger partial charge on any atom is -0.496 e. The van der Waals surface area contributed by atoms with Crippen molar-refractivity contribution in [2.45, 2.75) is 83.8 Å². The summed E-state index contributed by atoms with van der Waals surface area (Å²) in [5, 5.41) is 20.9. The number of aliphatic hydroxyl groups is 2. The summed E-state index contributed by atoms with van der Waals surface area (Å²) in [6, 6.07) is 4.17. The molecule has 3 rings (SSSR count). The number of rotatable bonds is 5. The molecule has 0 saturated heterocycles. The van der Waals surface area contributed by atoms with E-state index in [9.17, 15) is 10.2 Å². The molecular weight excluding hydrogens is 340 g/mol. The summed E-state index contributed by atoms with van der Waals surface area (Å²) < 4.78 is 12.0. The molecule has 1 aliphatic carbocycles. The van der Waals surface area contributed by atoms with Gasteiger partial charge in [0.15, 0.2) is 0 Å². The van der Waals surface area contributed by atoms with Crippen molar-refractivity contribution in [2.24, 2.45) is 11.3 Å². The predicted octanol–water partition coefficient (Wildman–Crippen LogP) is 4.42. The molecule has 0 unspecified atom stereocenters. The lowest BCUT2D eigenvalue weighted by molar-refractivity contribution is -0.136. The summed E-state index contributed by atoms with van der Waals surface area (Å²) in [5.41, 5.74) is 1.10. The molecule has 1 aromatic rings. The molecule has 0 aromatic heterocycles. The lowest BCUT2D eigenvalue weighted by Crippen LogP contribution is -2.52. The van der Waals surface area contributed by atoms with Gasteiger partial charge in [0.1, 0.15) is 17.1 Å². The lowest BCUT2D eigenvalue weighted by atomic mass is 9.59. The van der Waals surface area contributed by atoms with Crippen LogP contribution in [0, 0.1) is 18.3 Å². The standard InChI is InChI=1S/C23H36O4/c1-16-13-18(26-5)17-7-11-22(4,27-19(17)14-16)12-8-20-21(2,3)9-6-10-23(20,25)15-24/h13-14,20,24-25H,6-12,15H2,1-5H3/t20-,22-,23+/m1/s1. The molecule has 1 saturated carbocycles. The van der Waals surface area contributed by atoms with Gasteiger partial charge in [-0.1, -0.05) is 13.8 Å². The zero-order chi connectivity index (χ0) is 19.9. The van der Waals surface area contributed by atoms with Crippen LogP contribution < -0.4 is 9.47 Å². The van der Waals surface area contributed by atoms with Crippen molar-refractivity contribution in [1.29, 1.82) is 0 Å². The van der Waals surface area contributed by atoms with E-state index < -0.39 is 5.60 Å². The van der Waals surface area contributed by atoms with Crippen LogP contribution in [0.1, 0.15) is 70.4 Å². The third-order valence-electron chi connectivity index (χ3n) is 7.05. The third-order valence-corrected chi connectivity index (χ3v) is 7.05. The van der Waals surface area contributed by atoms with Crippen molar-refractivity contribution in [3.63, 3.8) is 0 Å². The van der Waals surface area contributed by atoms with E-state index >= 15 is 0 Å². The van der Waals surface area contributed by atoms with Gasteiger partial charge < -0.3 is 19.7 Å². The maximum Gasteiger partial charge on any atom is 0.127 e. The molecule has 2 aliphatic rings. The molecule has 0 amide bonds. The van der Waals surface area contributed by atoms with E-state index in [0.29, 0.717) is 6.42 Å². The summed E-state index contributed by atoms with van der Waals surface area (Å²) in [5.74, 6) is 1.92. The molecule has 0 bridgehead atoms. The first kappa shape index (κ1) is 20.5. The minimum absolute atomic E-state index is 0.0263. The molecular formula is C23H36O4. The molecule has 2 N–H and O–H groups in total. The zero-order valence-corrected chi connectivity index (χ0v) is 17.6. The molecule has 0 spiro atoms. The Kier molecular flexibility index (Phi) is 5.53. The molecule has 4 nitrogen and oxygen atoms in total. The number of methoxy groups -OCH3 is 1. The second-order valence-electron chi connectivity index (χ2n) is 9.69. The van der Waals surface area contributed by atoms with E-state index in [0.717, 1.165) is 61.2 Å². The highest BCUT2D eigenvalue weighted by Gasteiger charge is 2.48. The molecule has 3 atom stereocenters. The van der Waals surface area contributed by atoms with Crippen molar-refractivity contribution < 1.29 is 19.7 Å². The number of hydrogen-bond donors (Lipinski definition) is 2. The van der Waals surface area contributed by atoms with Crippen molar-refractivity contribution in [1.82, 2.24) is 0 Å². The van der Waals surface area contributed by atoms with E-state index in [1.165, 1.54) is 0 Å². The summed E-state index contributed by atoms with van der Waals surface area (Å²) >= 11 is 0. The zero-order valence-electron chi connectivity index (χ0n) is 17.6. The van der Waals surface area contributed by atoms with E-state index in [2.05, 4.69) is 39.8 Å². The number of hydrogen-bond acceptors (Lipinski definition) is 4. The number of ether oxygens (including phenoxy) is 2. The van der Waals surface area contributed by atoms with Crippen LogP contribution in [0.2, 0.25) is 0 Å². The third kappa shape index (κ3) is 3.97. The summed E-state index contributed by atoms with van der Waals surface area (Å²) in [7, 11) is 1.71. The monoisotopic (exact) mass is 376 g/mol. The van der Waals surface area contributed by atoms with Gasteiger partial charge in [0.2, 0.25) is 0 Å². The Morgan fingerprint density at radius 2 is 1.93 bits per heavy atom. The van der Waals surface area contributed by atoms with Gasteiger partial charge in [0.25, 0.3) is 0 Å². The molecule has 1 aliphatic heterocycles. The molecule has 1 fully saturated rings. The van der Waals surface area contributed by atoms with Gasteiger partial charge in [-0.2, -0.15) is 0 Å². The maximum absolute atomic E-state index is 11.0. The van der Waals surface area contributed by atoms with Gasteiger partial charge in [0, 0.05) is 5.56 Å². The van der Waals surface area contributed by atoms with Crippen LogP contribution in [0.5, 0.6) is 11.5 Å². The molecule has 4 heteroatoms. The van der Waals surface area contributed by atoms with Gasteiger partial charge in [0.05, 0.1) is 19.3 Å². The van der Waals surface area contributed by atoms with E-state index in [1.807, 2.05) is 0 Å². The van der Waals surface area contributed by atoms with E-state index in [4.69, 9.17) is 9.47 Å². The topological polar surface area (TPSA) is 58.9 Å². The van der Waals surface area contributed by atoms with E-state index in [-0.39, 0.29) is 23.5 Å². The minimum atomic E-state index is -0.968. The molecule has 152 valence electrons. The fourth-order valence-electron chi connectivity index (χ4n) is 5.38. The Bertz CT molecular complexity index is 683. The lowest BCUT2D eigenvalue weighted by Gasteiger charge is -2.50. The second-order valence-corrected chi connectivity index (χ2v) is 9.69.